The van der Waals surface area contributed by atoms with Gasteiger partial charge in [0.05, 0.1) is 6.61 Å². The lowest BCUT2D eigenvalue weighted by molar-refractivity contribution is -0.144. The molecule has 0 fully saturated rings. The molecule has 0 aromatic carbocycles. The quantitative estimate of drug-likeness (QED) is 0.535. The van der Waals surface area contributed by atoms with E-state index in [1.54, 1.807) is 0 Å². The van der Waals surface area contributed by atoms with E-state index in [0.717, 1.165) is 11.8 Å². The van der Waals surface area contributed by atoms with Crippen molar-refractivity contribution in [3.05, 3.63) is 0 Å². The first-order valence-corrected chi connectivity index (χ1v) is 5.93. The largest absolute Gasteiger partial charge is 0.466 e. The molecule has 0 heterocycles. The zero-order chi connectivity index (χ0) is 10.3. The Morgan fingerprint density at radius 2 is 2.08 bits per heavy atom. The van der Waals surface area contributed by atoms with Gasteiger partial charge in [0.25, 0.3) is 0 Å². The summed E-state index contributed by atoms with van der Waals surface area (Å²) in [6.07, 6.45) is 1.61. The molecule has 13 heavy (non-hydrogen) atoms. The summed E-state index contributed by atoms with van der Waals surface area (Å²) >= 11 is 3.42. The third-order valence-electron chi connectivity index (χ3n) is 1.78. The van der Waals surface area contributed by atoms with Crippen LogP contribution in [0.5, 0.6) is 0 Å². The second kappa shape index (κ2) is 7.36. The number of hydrogen-bond acceptors (Lipinski definition) is 2. The number of alkyl halides is 1. The van der Waals surface area contributed by atoms with Gasteiger partial charge in [0.2, 0.25) is 0 Å². The van der Waals surface area contributed by atoms with Crippen LogP contribution in [0.15, 0.2) is 0 Å². The molecule has 0 N–H and O–H groups in total. The van der Waals surface area contributed by atoms with E-state index in [4.69, 9.17) is 4.74 Å². The van der Waals surface area contributed by atoms with E-state index in [9.17, 15) is 4.79 Å². The van der Waals surface area contributed by atoms with Crippen LogP contribution in [0.2, 0.25) is 0 Å². The summed E-state index contributed by atoms with van der Waals surface area (Å²) in [4.78, 5) is 11.2. The molecular formula is C10H19BrO2. The summed E-state index contributed by atoms with van der Waals surface area (Å²) < 4.78 is 4.90. The highest BCUT2D eigenvalue weighted by Gasteiger charge is 2.14. The van der Waals surface area contributed by atoms with Crippen molar-refractivity contribution in [2.45, 2.75) is 33.6 Å². The first-order chi connectivity index (χ1) is 6.10. The van der Waals surface area contributed by atoms with Gasteiger partial charge in [0, 0.05) is 11.8 Å². The summed E-state index contributed by atoms with van der Waals surface area (Å²) in [6.45, 7) is 6.65. The summed E-state index contributed by atoms with van der Waals surface area (Å²) in [5.74, 6) is 0.976. The molecule has 0 unspecified atom stereocenters. The van der Waals surface area contributed by atoms with Crippen molar-refractivity contribution in [1.82, 2.24) is 0 Å². The zero-order valence-corrected chi connectivity index (χ0v) is 10.3. The van der Waals surface area contributed by atoms with E-state index in [-0.39, 0.29) is 5.97 Å². The van der Waals surface area contributed by atoms with E-state index in [1.165, 1.54) is 0 Å². The topological polar surface area (TPSA) is 26.3 Å². The van der Waals surface area contributed by atoms with Gasteiger partial charge in [-0.25, -0.2) is 0 Å². The van der Waals surface area contributed by atoms with Crippen LogP contribution >= 0.6 is 15.9 Å². The Kier molecular flexibility index (Phi) is 7.33. The van der Waals surface area contributed by atoms with Gasteiger partial charge in [0.1, 0.15) is 0 Å². The summed E-state index contributed by atoms with van der Waals surface area (Å²) in [6, 6.07) is 0. The van der Waals surface area contributed by atoms with Crippen molar-refractivity contribution in [2.24, 2.45) is 11.8 Å². The average Bonchev–Trinajstić information content (AvgIpc) is 2.02. The maximum atomic E-state index is 11.2. The summed E-state index contributed by atoms with van der Waals surface area (Å²) in [7, 11) is 0. The number of carbonyl (C=O) groups excluding carboxylic acids is 1. The van der Waals surface area contributed by atoms with Crippen molar-refractivity contribution in [2.75, 3.05) is 11.9 Å². The fraction of sp³-hybridized carbons (Fsp3) is 0.900. The van der Waals surface area contributed by atoms with Gasteiger partial charge < -0.3 is 4.74 Å². The summed E-state index contributed by atoms with van der Waals surface area (Å²) in [5, 5.41) is 0.879. The molecular weight excluding hydrogens is 232 g/mol. The lowest BCUT2D eigenvalue weighted by Gasteiger charge is -2.14. The third-order valence-corrected chi connectivity index (χ3v) is 2.70. The predicted octanol–water partition coefficient (Wildman–Crippen LogP) is 3.00. The SMILES string of the molecule is CCOC(=O)C[C@@H](CBr)CC(C)C. The van der Waals surface area contributed by atoms with Gasteiger partial charge in [-0.2, -0.15) is 0 Å². The predicted molar refractivity (Wildman–Crippen MR) is 58.0 cm³/mol. The van der Waals surface area contributed by atoms with Crippen LogP contribution in [0.1, 0.15) is 33.6 Å². The molecule has 0 saturated heterocycles. The van der Waals surface area contributed by atoms with Gasteiger partial charge in [-0.05, 0) is 25.2 Å². The molecule has 3 heteroatoms. The van der Waals surface area contributed by atoms with Crippen molar-refractivity contribution in [3.8, 4) is 0 Å². The molecule has 0 aromatic rings. The van der Waals surface area contributed by atoms with E-state index < -0.39 is 0 Å². The van der Waals surface area contributed by atoms with Gasteiger partial charge in [-0.1, -0.05) is 29.8 Å². The van der Waals surface area contributed by atoms with Crippen molar-refractivity contribution < 1.29 is 9.53 Å². The van der Waals surface area contributed by atoms with E-state index in [0.29, 0.717) is 24.9 Å². The van der Waals surface area contributed by atoms with Crippen molar-refractivity contribution >= 4 is 21.9 Å². The Bertz CT molecular complexity index is 146. The second-order valence-electron chi connectivity index (χ2n) is 3.66. The third kappa shape index (κ3) is 7.05. The number of esters is 1. The molecule has 0 aromatic heterocycles. The Morgan fingerprint density at radius 3 is 2.46 bits per heavy atom. The number of halogens is 1. The zero-order valence-electron chi connectivity index (χ0n) is 8.68. The number of carbonyl (C=O) groups is 1. The minimum atomic E-state index is -0.0763. The Balaban J connectivity index is 3.76. The Labute approximate surface area is 89.2 Å². The van der Waals surface area contributed by atoms with Gasteiger partial charge >= 0.3 is 5.97 Å². The molecule has 0 radical (unpaired) electrons. The molecule has 2 nitrogen and oxygen atoms in total. The first kappa shape index (κ1) is 12.9. The van der Waals surface area contributed by atoms with Gasteiger partial charge in [-0.15, -0.1) is 0 Å². The van der Waals surface area contributed by atoms with Crippen LogP contribution in [0.25, 0.3) is 0 Å². The Morgan fingerprint density at radius 1 is 1.46 bits per heavy atom. The van der Waals surface area contributed by atoms with Crippen molar-refractivity contribution in [3.63, 3.8) is 0 Å². The molecule has 0 aliphatic carbocycles. The molecule has 0 saturated carbocycles. The number of rotatable bonds is 6. The smallest absolute Gasteiger partial charge is 0.306 e. The van der Waals surface area contributed by atoms with E-state index in [1.807, 2.05) is 6.92 Å². The minimum absolute atomic E-state index is 0.0763. The Hall–Kier alpha value is -0.0500. The fourth-order valence-corrected chi connectivity index (χ4v) is 1.82. The second-order valence-corrected chi connectivity index (χ2v) is 4.31. The molecule has 0 rings (SSSR count). The lowest BCUT2D eigenvalue weighted by Crippen LogP contribution is -2.14. The highest BCUT2D eigenvalue weighted by Crippen LogP contribution is 2.18. The molecule has 0 aliphatic rings. The molecule has 1 atom stereocenters. The molecule has 0 spiro atoms. The molecule has 0 bridgehead atoms. The van der Waals surface area contributed by atoms with E-state index in [2.05, 4.69) is 29.8 Å². The average molecular weight is 251 g/mol. The van der Waals surface area contributed by atoms with Crippen LogP contribution < -0.4 is 0 Å². The lowest BCUT2D eigenvalue weighted by atomic mass is 9.96. The fourth-order valence-electron chi connectivity index (χ4n) is 1.32. The van der Waals surface area contributed by atoms with Crippen LogP contribution in [0, 0.1) is 11.8 Å². The van der Waals surface area contributed by atoms with Crippen LogP contribution in [-0.4, -0.2) is 17.9 Å². The molecule has 0 aliphatic heterocycles. The number of hydrogen-bond donors (Lipinski definition) is 0. The van der Waals surface area contributed by atoms with E-state index >= 15 is 0 Å². The maximum absolute atomic E-state index is 11.2. The minimum Gasteiger partial charge on any atom is -0.466 e. The normalized spacial score (nSPS) is 13.0. The van der Waals surface area contributed by atoms with Crippen LogP contribution in [0.3, 0.4) is 0 Å². The monoisotopic (exact) mass is 250 g/mol. The standard InChI is InChI=1S/C10H19BrO2/c1-4-13-10(12)6-9(7-11)5-8(2)3/h8-9H,4-7H2,1-3H3/t9-/m0/s1. The molecule has 0 amide bonds. The summed E-state index contributed by atoms with van der Waals surface area (Å²) in [5.41, 5.74) is 0. The van der Waals surface area contributed by atoms with Crippen LogP contribution in [-0.2, 0) is 9.53 Å². The highest BCUT2D eigenvalue weighted by atomic mass is 79.9. The highest BCUT2D eigenvalue weighted by molar-refractivity contribution is 9.09. The van der Waals surface area contributed by atoms with Gasteiger partial charge in [0.15, 0.2) is 0 Å². The number of ether oxygens (including phenoxy) is 1. The maximum Gasteiger partial charge on any atom is 0.306 e. The van der Waals surface area contributed by atoms with Crippen molar-refractivity contribution in [1.29, 1.82) is 0 Å². The van der Waals surface area contributed by atoms with Crippen LogP contribution in [0.4, 0.5) is 0 Å². The first-order valence-electron chi connectivity index (χ1n) is 4.81. The molecule has 78 valence electrons. The van der Waals surface area contributed by atoms with Gasteiger partial charge in [-0.3, -0.25) is 4.79 Å².